The minimum Gasteiger partial charge on any atom is -0.452 e. The molecule has 0 saturated heterocycles. The first-order chi connectivity index (χ1) is 15.0. The molecule has 0 aromatic carbocycles. The highest BCUT2D eigenvalue weighted by atomic mass is 79.9. The number of aromatic nitrogens is 4. The highest BCUT2D eigenvalue weighted by Crippen LogP contribution is 2.46. The standard InChI is InChI=1S/C19H19Br2F3N6O2/c1-8-10(9(2)29(3)27-8)7-25-18(31)16-15(21)17-26-11(12-4-5-14(20)32-12)6-13(19(22,23)24)30(17)28-16/h4-5,11,13,26H,6-7H2,1-3H3,(H,25,31)/t11-,13+/m1/s1. The van der Waals surface area contributed by atoms with Crippen LogP contribution in [-0.2, 0) is 13.6 Å². The molecule has 4 heterocycles. The summed E-state index contributed by atoms with van der Waals surface area (Å²) in [5.41, 5.74) is 2.36. The number of hydrogen-bond acceptors (Lipinski definition) is 5. The average molecular weight is 580 g/mol. The molecule has 1 aliphatic heterocycles. The van der Waals surface area contributed by atoms with Gasteiger partial charge in [0, 0.05) is 31.3 Å². The van der Waals surface area contributed by atoms with Crippen LogP contribution in [0.25, 0.3) is 0 Å². The molecule has 3 aromatic heterocycles. The Hall–Kier alpha value is -2.28. The molecule has 13 heteroatoms. The van der Waals surface area contributed by atoms with Gasteiger partial charge in [-0.15, -0.1) is 0 Å². The van der Waals surface area contributed by atoms with Gasteiger partial charge in [-0.3, -0.25) is 9.48 Å². The van der Waals surface area contributed by atoms with E-state index in [1.54, 1.807) is 23.9 Å². The number of halogens is 5. The summed E-state index contributed by atoms with van der Waals surface area (Å²) in [6.45, 7) is 3.88. The first kappa shape index (κ1) is 22.9. The van der Waals surface area contributed by atoms with E-state index in [0.717, 1.165) is 21.6 Å². The summed E-state index contributed by atoms with van der Waals surface area (Å²) in [6.07, 6.45) is -4.90. The van der Waals surface area contributed by atoms with Crippen molar-refractivity contribution >= 4 is 43.6 Å². The van der Waals surface area contributed by atoms with Gasteiger partial charge in [0.25, 0.3) is 5.91 Å². The van der Waals surface area contributed by atoms with Crippen LogP contribution in [0.3, 0.4) is 0 Å². The molecule has 0 unspecified atom stereocenters. The van der Waals surface area contributed by atoms with Crippen molar-refractivity contribution in [2.45, 2.75) is 45.1 Å². The zero-order chi connectivity index (χ0) is 23.4. The Bertz CT molecular complexity index is 1180. The van der Waals surface area contributed by atoms with Crippen molar-refractivity contribution < 1.29 is 22.4 Å². The maximum Gasteiger partial charge on any atom is 0.410 e. The van der Waals surface area contributed by atoms with Crippen molar-refractivity contribution in [3.05, 3.63) is 49.7 Å². The zero-order valence-corrected chi connectivity index (χ0v) is 20.4. The fourth-order valence-corrected chi connectivity index (χ4v) is 4.64. The molecule has 32 heavy (non-hydrogen) atoms. The lowest BCUT2D eigenvalue weighted by atomic mass is 10.0. The number of anilines is 1. The molecule has 8 nitrogen and oxygen atoms in total. The average Bonchev–Trinajstić information content (AvgIpc) is 3.36. The topological polar surface area (TPSA) is 89.9 Å². The smallest absolute Gasteiger partial charge is 0.410 e. The molecule has 0 spiro atoms. The number of hydrogen-bond donors (Lipinski definition) is 2. The maximum atomic E-state index is 13.9. The number of carbonyl (C=O) groups is 1. The Morgan fingerprint density at radius 2 is 2.03 bits per heavy atom. The molecule has 2 atom stereocenters. The Morgan fingerprint density at radius 3 is 2.59 bits per heavy atom. The Morgan fingerprint density at radius 1 is 1.31 bits per heavy atom. The molecule has 0 aliphatic carbocycles. The number of furan rings is 1. The lowest BCUT2D eigenvalue weighted by Crippen LogP contribution is -2.35. The monoisotopic (exact) mass is 578 g/mol. The van der Waals surface area contributed by atoms with Crippen LogP contribution in [-0.4, -0.2) is 31.6 Å². The molecule has 1 amide bonds. The van der Waals surface area contributed by atoms with Crippen molar-refractivity contribution in [2.24, 2.45) is 7.05 Å². The number of nitrogens with one attached hydrogen (secondary N) is 2. The van der Waals surface area contributed by atoms with E-state index in [2.05, 4.69) is 52.7 Å². The molecule has 2 N–H and O–H groups in total. The lowest BCUT2D eigenvalue weighted by Gasteiger charge is -2.32. The van der Waals surface area contributed by atoms with Gasteiger partial charge in [-0.25, -0.2) is 4.68 Å². The molecular formula is C19H19Br2F3N6O2. The van der Waals surface area contributed by atoms with E-state index < -0.39 is 24.2 Å². The van der Waals surface area contributed by atoms with Crippen LogP contribution in [0, 0.1) is 13.8 Å². The van der Waals surface area contributed by atoms with E-state index in [1.807, 2.05) is 13.8 Å². The van der Waals surface area contributed by atoms with Crippen LogP contribution in [0.4, 0.5) is 19.0 Å². The number of nitrogens with zero attached hydrogens (tertiary/aromatic N) is 4. The van der Waals surface area contributed by atoms with Crippen LogP contribution >= 0.6 is 31.9 Å². The van der Waals surface area contributed by atoms with Crippen LogP contribution in [0.5, 0.6) is 0 Å². The van der Waals surface area contributed by atoms with Crippen molar-refractivity contribution in [3.8, 4) is 0 Å². The predicted octanol–water partition coefficient (Wildman–Crippen LogP) is 4.94. The van der Waals surface area contributed by atoms with Gasteiger partial charge < -0.3 is 15.1 Å². The number of alkyl halides is 3. The molecule has 1 aliphatic rings. The Kier molecular flexibility index (Phi) is 5.90. The summed E-state index contributed by atoms with van der Waals surface area (Å²) in [6, 6.07) is 0.543. The van der Waals surface area contributed by atoms with E-state index in [-0.39, 0.29) is 29.0 Å². The third-order valence-corrected chi connectivity index (χ3v) is 6.71. The Balaban J connectivity index is 1.64. The van der Waals surface area contributed by atoms with E-state index in [4.69, 9.17) is 4.42 Å². The summed E-state index contributed by atoms with van der Waals surface area (Å²) in [4.78, 5) is 12.8. The highest BCUT2D eigenvalue weighted by Gasteiger charge is 2.48. The predicted molar refractivity (Wildman–Crippen MR) is 116 cm³/mol. The number of rotatable bonds is 4. The molecule has 0 saturated carbocycles. The van der Waals surface area contributed by atoms with Gasteiger partial charge in [0.2, 0.25) is 0 Å². The summed E-state index contributed by atoms with van der Waals surface area (Å²) in [5.74, 6) is -0.185. The maximum absolute atomic E-state index is 13.9. The quantitative estimate of drug-likeness (QED) is 0.457. The van der Waals surface area contributed by atoms with E-state index >= 15 is 0 Å². The largest absolute Gasteiger partial charge is 0.452 e. The van der Waals surface area contributed by atoms with Crippen LogP contribution in [0.1, 0.15) is 51.7 Å². The summed E-state index contributed by atoms with van der Waals surface area (Å²) >= 11 is 6.43. The summed E-state index contributed by atoms with van der Waals surface area (Å²) in [7, 11) is 1.80. The van der Waals surface area contributed by atoms with Gasteiger partial charge in [-0.05, 0) is 57.8 Å². The van der Waals surface area contributed by atoms with Crippen LogP contribution < -0.4 is 10.6 Å². The third kappa shape index (κ3) is 4.07. The summed E-state index contributed by atoms with van der Waals surface area (Å²) in [5, 5.41) is 14.0. The highest BCUT2D eigenvalue weighted by molar-refractivity contribution is 9.10. The van der Waals surface area contributed by atoms with Crippen molar-refractivity contribution in [1.29, 1.82) is 0 Å². The molecule has 172 valence electrons. The normalized spacial score (nSPS) is 18.4. The van der Waals surface area contributed by atoms with Gasteiger partial charge in [0.1, 0.15) is 11.6 Å². The van der Waals surface area contributed by atoms with Crippen LogP contribution in [0.2, 0.25) is 0 Å². The second-order valence-corrected chi connectivity index (χ2v) is 9.12. The number of aryl methyl sites for hydroxylation is 2. The molecule has 4 rings (SSSR count). The number of amides is 1. The fraction of sp³-hybridized carbons (Fsp3) is 0.421. The number of fused-ring (bicyclic) bond motifs is 1. The number of carbonyl (C=O) groups excluding carboxylic acids is 1. The van der Waals surface area contributed by atoms with Gasteiger partial charge in [-0.1, -0.05) is 0 Å². The van der Waals surface area contributed by atoms with Crippen molar-refractivity contribution in [3.63, 3.8) is 0 Å². The van der Waals surface area contributed by atoms with Crippen LogP contribution in [0.15, 0.2) is 25.7 Å². The van der Waals surface area contributed by atoms with E-state index in [9.17, 15) is 18.0 Å². The van der Waals surface area contributed by atoms with Crippen molar-refractivity contribution in [2.75, 3.05) is 5.32 Å². The van der Waals surface area contributed by atoms with Gasteiger partial charge in [0.15, 0.2) is 16.4 Å². The first-order valence-electron chi connectivity index (χ1n) is 9.61. The molecule has 0 radical (unpaired) electrons. The van der Waals surface area contributed by atoms with Gasteiger partial charge >= 0.3 is 6.18 Å². The molecule has 0 bridgehead atoms. The minimum atomic E-state index is -4.57. The minimum absolute atomic E-state index is 0.0648. The molecule has 3 aromatic rings. The molecule has 0 fully saturated rings. The first-order valence-corrected chi connectivity index (χ1v) is 11.2. The zero-order valence-electron chi connectivity index (χ0n) is 17.2. The van der Waals surface area contributed by atoms with Gasteiger partial charge in [-0.2, -0.15) is 23.4 Å². The SMILES string of the molecule is Cc1nn(C)c(C)c1CNC(=O)c1nn2c(c1Br)N[C@@H](c1ccc(Br)o1)C[C@H]2C(F)(F)F. The van der Waals surface area contributed by atoms with Gasteiger partial charge in [0.05, 0.1) is 16.2 Å². The van der Waals surface area contributed by atoms with E-state index in [0.29, 0.717) is 10.4 Å². The summed E-state index contributed by atoms with van der Waals surface area (Å²) < 4.78 is 50.1. The Labute approximate surface area is 197 Å². The third-order valence-electron chi connectivity index (χ3n) is 5.53. The molecular weight excluding hydrogens is 561 g/mol. The lowest BCUT2D eigenvalue weighted by molar-refractivity contribution is -0.174. The van der Waals surface area contributed by atoms with Crippen molar-refractivity contribution in [1.82, 2.24) is 24.9 Å². The van der Waals surface area contributed by atoms with E-state index in [1.165, 1.54) is 0 Å². The fourth-order valence-electron chi connectivity index (χ4n) is 3.76. The second kappa shape index (κ2) is 8.25. The second-order valence-electron chi connectivity index (χ2n) is 7.54.